The number of amides is 1. The van der Waals surface area contributed by atoms with E-state index in [9.17, 15) is 19.7 Å². The number of nitro benzene ring substituents is 1. The number of carbonyl (C=O) groups excluding carboxylic acids is 2. The topological polar surface area (TPSA) is 117 Å². The highest BCUT2D eigenvalue weighted by atomic mass is 16.7. The molecule has 1 aliphatic rings. The van der Waals surface area contributed by atoms with Crippen LogP contribution in [-0.2, 0) is 16.1 Å². The van der Waals surface area contributed by atoms with E-state index < -0.39 is 16.8 Å². The third kappa shape index (κ3) is 5.34. The lowest BCUT2D eigenvalue weighted by Gasteiger charge is -2.11. The van der Waals surface area contributed by atoms with Crippen LogP contribution in [0.1, 0.15) is 21.5 Å². The van der Waals surface area contributed by atoms with Gasteiger partial charge in [0.15, 0.2) is 11.5 Å². The van der Waals surface area contributed by atoms with Crippen molar-refractivity contribution in [1.29, 1.82) is 0 Å². The van der Waals surface area contributed by atoms with Crippen LogP contribution < -0.4 is 14.8 Å². The molecule has 1 N–H and O–H groups in total. The maximum atomic E-state index is 12.8. The monoisotopic (exact) mass is 446 g/mol. The van der Waals surface area contributed by atoms with Gasteiger partial charge in [-0.05, 0) is 35.4 Å². The number of hydrogen-bond acceptors (Lipinski definition) is 7. The first-order valence-corrected chi connectivity index (χ1v) is 9.88. The van der Waals surface area contributed by atoms with E-state index in [0.717, 1.165) is 11.6 Å². The Hall–Kier alpha value is -4.66. The highest BCUT2D eigenvalue weighted by molar-refractivity contribution is 6.03. The van der Waals surface area contributed by atoms with Gasteiger partial charge in [-0.3, -0.25) is 14.9 Å². The molecule has 1 amide bonds. The van der Waals surface area contributed by atoms with Crippen LogP contribution in [0.15, 0.2) is 78.5 Å². The first kappa shape index (κ1) is 21.6. The number of carbonyl (C=O) groups is 2. The molecule has 0 radical (unpaired) electrons. The summed E-state index contributed by atoms with van der Waals surface area (Å²) in [6.07, 6.45) is 1.44. The highest BCUT2D eigenvalue weighted by Crippen LogP contribution is 2.33. The van der Waals surface area contributed by atoms with Crippen molar-refractivity contribution >= 4 is 23.6 Å². The molecule has 0 bridgehead atoms. The van der Waals surface area contributed by atoms with Gasteiger partial charge in [0.25, 0.3) is 11.6 Å². The molecule has 4 rings (SSSR count). The molecule has 1 aliphatic heterocycles. The number of benzene rings is 3. The molecule has 166 valence electrons. The van der Waals surface area contributed by atoms with Crippen LogP contribution in [0.3, 0.4) is 0 Å². The molecule has 9 nitrogen and oxygen atoms in total. The number of esters is 1. The van der Waals surface area contributed by atoms with Crippen LogP contribution >= 0.6 is 0 Å². The molecule has 0 aromatic heterocycles. The van der Waals surface area contributed by atoms with E-state index in [-0.39, 0.29) is 30.3 Å². The maximum absolute atomic E-state index is 12.8. The number of non-ortho nitro benzene ring substituents is 1. The van der Waals surface area contributed by atoms with Crippen LogP contribution in [0.4, 0.5) is 5.69 Å². The smallest absolute Gasteiger partial charge is 0.355 e. The van der Waals surface area contributed by atoms with E-state index in [4.69, 9.17) is 14.2 Å². The SMILES string of the molecule is O=C(OCc1ccccc1)/C(=C/c1ccc2c(c1)OCO2)NC(=O)c1cccc([N+](=O)[O-])c1. The van der Waals surface area contributed by atoms with Gasteiger partial charge in [0.1, 0.15) is 12.3 Å². The summed E-state index contributed by atoms with van der Waals surface area (Å²) in [5.41, 5.74) is 0.983. The fourth-order valence-electron chi connectivity index (χ4n) is 3.07. The van der Waals surface area contributed by atoms with Crippen molar-refractivity contribution in [2.24, 2.45) is 0 Å². The number of nitro groups is 1. The zero-order valence-electron chi connectivity index (χ0n) is 17.2. The van der Waals surface area contributed by atoms with Gasteiger partial charge in [-0.15, -0.1) is 0 Å². The third-order valence-corrected chi connectivity index (χ3v) is 4.71. The molecule has 0 atom stereocenters. The molecule has 0 saturated carbocycles. The lowest BCUT2D eigenvalue weighted by Crippen LogP contribution is -2.28. The van der Waals surface area contributed by atoms with Crippen LogP contribution in [0, 0.1) is 10.1 Å². The zero-order valence-corrected chi connectivity index (χ0v) is 17.2. The van der Waals surface area contributed by atoms with E-state index >= 15 is 0 Å². The Morgan fingerprint density at radius 1 is 1.00 bits per heavy atom. The standard InChI is InChI=1S/C24H18N2O7/c27-23(18-7-4-8-19(13-18)26(29)30)25-20(24(28)31-14-16-5-2-1-3-6-16)11-17-9-10-21-22(12-17)33-15-32-21/h1-13H,14-15H2,(H,25,27)/b20-11-. The zero-order chi connectivity index (χ0) is 23.2. The maximum Gasteiger partial charge on any atom is 0.355 e. The first-order valence-electron chi connectivity index (χ1n) is 9.88. The number of hydrogen-bond donors (Lipinski definition) is 1. The van der Waals surface area contributed by atoms with Gasteiger partial charge in [0.2, 0.25) is 6.79 Å². The summed E-state index contributed by atoms with van der Waals surface area (Å²) in [5.74, 6) is -0.385. The van der Waals surface area contributed by atoms with Crippen molar-refractivity contribution < 1.29 is 28.7 Å². The molecule has 0 spiro atoms. The molecule has 0 unspecified atom stereocenters. The van der Waals surface area contributed by atoms with Gasteiger partial charge in [-0.2, -0.15) is 0 Å². The molecule has 9 heteroatoms. The van der Waals surface area contributed by atoms with Gasteiger partial charge < -0.3 is 19.5 Å². The van der Waals surface area contributed by atoms with E-state index in [1.165, 1.54) is 24.3 Å². The normalized spacial score (nSPS) is 12.2. The van der Waals surface area contributed by atoms with Crippen LogP contribution in [-0.4, -0.2) is 23.6 Å². The van der Waals surface area contributed by atoms with Crippen LogP contribution in [0.5, 0.6) is 11.5 Å². The van der Waals surface area contributed by atoms with Crippen molar-refractivity contribution in [3.05, 3.63) is 105 Å². The van der Waals surface area contributed by atoms with E-state index in [1.807, 2.05) is 18.2 Å². The first-order chi connectivity index (χ1) is 16.0. The van der Waals surface area contributed by atoms with Crippen LogP contribution in [0.2, 0.25) is 0 Å². The summed E-state index contributed by atoms with van der Waals surface area (Å²) in [7, 11) is 0. The largest absolute Gasteiger partial charge is 0.456 e. The Kier molecular flexibility index (Phi) is 6.31. The van der Waals surface area contributed by atoms with Gasteiger partial charge in [0, 0.05) is 17.7 Å². The number of fused-ring (bicyclic) bond motifs is 1. The Labute approximate surface area is 188 Å². The molecular formula is C24H18N2O7. The van der Waals surface area contributed by atoms with Crippen LogP contribution in [0.25, 0.3) is 6.08 Å². The summed E-state index contributed by atoms with van der Waals surface area (Å²) >= 11 is 0. The second-order valence-electron chi connectivity index (χ2n) is 6.99. The van der Waals surface area contributed by atoms with E-state index in [0.29, 0.717) is 17.1 Å². The Bertz CT molecular complexity index is 1240. The van der Waals surface area contributed by atoms with Crippen molar-refractivity contribution in [1.82, 2.24) is 5.32 Å². The van der Waals surface area contributed by atoms with E-state index in [1.54, 1.807) is 30.3 Å². The minimum Gasteiger partial charge on any atom is -0.456 e. The number of rotatable bonds is 7. The molecule has 1 heterocycles. The quantitative estimate of drug-likeness (QED) is 0.254. The molecule has 33 heavy (non-hydrogen) atoms. The Morgan fingerprint density at radius 2 is 1.79 bits per heavy atom. The molecule has 0 aliphatic carbocycles. The highest BCUT2D eigenvalue weighted by Gasteiger charge is 2.19. The summed E-state index contributed by atoms with van der Waals surface area (Å²) in [4.78, 5) is 36.0. The fraction of sp³-hybridized carbons (Fsp3) is 0.0833. The summed E-state index contributed by atoms with van der Waals surface area (Å²) in [5, 5.41) is 13.5. The van der Waals surface area contributed by atoms with Crippen molar-refractivity contribution in [3.8, 4) is 11.5 Å². The van der Waals surface area contributed by atoms with E-state index in [2.05, 4.69) is 5.32 Å². The molecule has 3 aromatic rings. The van der Waals surface area contributed by atoms with Crippen molar-refractivity contribution in [2.75, 3.05) is 6.79 Å². The predicted molar refractivity (Wildman–Crippen MR) is 117 cm³/mol. The lowest BCUT2D eigenvalue weighted by atomic mass is 10.1. The average Bonchev–Trinajstić information content (AvgIpc) is 3.30. The number of ether oxygens (including phenoxy) is 3. The second-order valence-corrected chi connectivity index (χ2v) is 6.99. The van der Waals surface area contributed by atoms with Gasteiger partial charge >= 0.3 is 5.97 Å². The third-order valence-electron chi connectivity index (χ3n) is 4.71. The van der Waals surface area contributed by atoms with Gasteiger partial charge in [-0.25, -0.2) is 4.79 Å². The second kappa shape index (κ2) is 9.65. The summed E-state index contributed by atoms with van der Waals surface area (Å²) in [6.45, 7) is 0.100. The van der Waals surface area contributed by atoms with Crippen molar-refractivity contribution in [2.45, 2.75) is 6.61 Å². The summed E-state index contributed by atoms with van der Waals surface area (Å²) < 4.78 is 16.0. The predicted octanol–water partition coefficient (Wildman–Crippen LogP) is 3.84. The Morgan fingerprint density at radius 3 is 2.58 bits per heavy atom. The Balaban J connectivity index is 1.59. The fourth-order valence-corrected chi connectivity index (χ4v) is 3.07. The van der Waals surface area contributed by atoms with Gasteiger partial charge in [0.05, 0.1) is 4.92 Å². The average molecular weight is 446 g/mol. The lowest BCUT2D eigenvalue weighted by molar-refractivity contribution is -0.384. The summed E-state index contributed by atoms with van der Waals surface area (Å²) in [6, 6.07) is 19.3. The van der Waals surface area contributed by atoms with Crippen molar-refractivity contribution in [3.63, 3.8) is 0 Å². The molecule has 0 fully saturated rings. The number of nitrogens with zero attached hydrogens (tertiary/aromatic N) is 1. The number of nitrogens with one attached hydrogen (secondary N) is 1. The molecule has 0 saturated heterocycles. The molecule has 3 aromatic carbocycles. The van der Waals surface area contributed by atoms with Gasteiger partial charge in [-0.1, -0.05) is 42.5 Å². The molecular weight excluding hydrogens is 428 g/mol. The minimum atomic E-state index is -0.768. The minimum absolute atomic E-state index is 0.00479.